The fraction of sp³-hybridized carbons (Fsp3) is 0.462. The molecule has 0 aliphatic heterocycles. The molecule has 0 aliphatic carbocycles. The molecular weight excluding hydrogens is 216 g/mol. The summed E-state index contributed by atoms with van der Waals surface area (Å²) in [6.45, 7) is 4.89. The van der Waals surface area contributed by atoms with Crippen LogP contribution < -0.4 is 15.8 Å². The lowest BCUT2D eigenvalue weighted by Crippen LogP contribution is -2.30. The van der Waals surface area contributed by atoms with E-state index in [1.165, 1.54) is 0 Å². The molecule has 0 spiro atoms. The normalized spacial score (nSPS) is 10.4. The number of rotatable bonds is 6. The highest BCUT2D eigenvalue weighted by Gasteiger charge is 2.09. The van der Waals surface area contributed by atoms with Crippen molar-refractivity contribution in [3.8, 4) is 5.75 Å². The molecule has 0 unspecified atom stereocenters. The molecule has 0 saturated heterocycles. The van der Waals surface area contributed by atoms with Crippen LogP contribution in [0.5, 0.6) is 5.75 Å². The minimum absolute atomic E-state index is 0.0322. The van der Waals surface area contributed by atoms with Crippen LogP contribution in [0.25, 0.3) is 0 Å². The number of nitrogens with one attached hydrogen (secondary N) is 1. The Balaban J connectivity index is 2.66. The Morgan fingerprint density at radius 3 is 2.76 bits per heavy atom. The summed E-state index contributed by atoms with van der Waals surface area (Å²) in [5.41, 5.74) is 6.23. The van der Waals surface area contributed by atoms with Crippen LogP contribution in [-0.4, -0.2) is 25.1 Å². The first-order valence-corrected chi connectivity index (χ1v) is 5.84. The predicted molar refractivity (Wildman–Crippen MR) is 68.0 cm³/mol. The topological polar surface area (TPSA) is 64.3 Å². The zero-order valence-electron chi connectivity index (χ0n) is 10.4. The van der Waals surface area contributed by atoms with Crippen molar-refractivity contribution >= 4 is 5.91 Å². The summed E-state index contributed by atoms with van der Waals surface area (Å²) in [5.74, 6) is 0.737. The summed E-state index contributed by atoms with van der Waals surface area (Å²) in [4.78, 5) is 11.6. The molecule has 0 aromatic heterocycles. The van der Waals surface area contributed by atoms with Crippen molar-refractivity contribution in [1.29, 1.82) is 0 Å². The van der Waals surface area contributed by atoms with E-state index >= 15 is 0 Å². The van der Waals surface area contributed by atoms with Gasteiger partial charge in [-0.25, -0.2) is 0 Å². The first-order chi connectivity index (χ1) is 8.13. The third-order valence-corrected chi connectivity index (χ3v) is 2.15. The van der Waals surface area contributed by atoms with Gasteiger partial charge in [0.2, 0.25) is 5.91 Å². The molecule has 0 fully saturated rings. The zero-order chi connectivity index (χ0) is 12.7. The molecule has 1 aromatic rings. The van der Waals surface area contributed by atoms with Crippen LogP contribution in [0.4, 0.5) is 0 Å². The number of hydrogen-bond acceptors (Lipinski definition) is 3. The minimum atomic E-state index is -0.0322. The van der Waals surface area contributed by atoms with Crippen molar-refractivity contribution in [3.05, 3.63) is 29.8 Å². The van der Waals surface area contributed by atoms with Gasteiger partial charge >= 0.3 is 0 Å². The number of amides is 1. The van der Waals surface area contributed by atoms with Crippen LogP contribution >= 0.6 is 0 Å². The third-order valence-electron chi connectivity index (χ3n) is 2.15. The molecule has 0 saturated carbocycles. The smallest absolute Gasteiger partial charge is 0.224 e. The Bertz CT molecular complexity index is 364. The molecule has 4 nitrogen and oxygen atoms in total. The molecule has 1 amide bonds. The van der Waals surface area contributed by atoms with Crippen LogP contribution in [0.15, 0.2) is 24.3 Å². The summed E-state index contributed by atoms with van der Waals surface area (Å²) < 4.78 is 5.65. The summed E-state index contributed by atoms with van der Waals surface area (Å²) >= 11 is 0. The maximum absolute atomic E-state index is 11.6. The standard InChI is InChI=1S/C13H20N2O2/c1-10(2)17-12-6-4-3-5-11(12)9-13(16)15-8-7-14/h3-6,10H,7-9,14H2,1-2H3,(H,15,16). The lowest BCUT2D eigenvalue weighted by molar-refractivity contribution is -0.120. The largest absolute Gasteiger partial charge is 0.491 e. The summed E-state index contributed by atoms with van der Waals surface area (Å²) in [6, 6.07) is 7.59. The summed E-state index contributed by atoms with van der Waals surface area (Å²) in [6.07, 6.45) is 0.423. The third kappa shape index (κ3) is 4.87. The maximum Gasteiger partial charge on any atom is 0.224 e. The number of nitrogens with two attached hydrogens (primary N) is 1. The Hall–Kier alpha value is -1.55. The van der Waals surface area contributed by atoms with E-state index in [1.54, 1.807) is 0 Å². The van der Waals surface area contributed by atoms with Crippen LogP contribution in [0.1, 0.15) is 19.4 Å². The van der Waals surface area contributed by atoms with E-state index in [0.717, 1.165) is 11.3 Å². The predicted octanol–water partition coefficient (Wildman–Crippen LogP) is 1.09. The molecule has 0 bridgehead atoms. The quantitative estimate of drug-likeness (QED) is 0.777. The summed E-state index contributed by atoms with van der Waals surface area (Å²) in [5, 5.41) is 2.74. The van der Waals surface area contributed by atoms with Crippen molar-refractivity contribution in [1.82, 2.24) is 5.32 Å². The highest BCUT2D eigenvalue weighted by molar-refractivity contribution is 5.79. The van der Waals surface area contributed by atoms with Crippen LogP contribution in [0, 0.1) is 0 Å². The molecule has 0 aliphatic rings. The van der Waals surface area contributed by atoms with Gasteiger partial charge in [-0.2, -0.15) is 0 Å². The lowest BCUT2D eigenvalue weighted by atomic mass is 10.1. The van der Waals surface area contributed by atoms with Crippen molar-refractivity contribution in [2.24, 2.45) is 5.73 Å². The molecule has 1 rings (SSSR count). The highest BCUT2D eigenvalue weighted by atomic mass is 16.5. The van der Waals surface area contributed by atoms with Gasteiger partial charge in [-0.1, -0.05) is 18.2 Å². The average molecular weight is 236 g/mol. The second kappa shape index (κ2) is 6.91. The molecule has 0 heterocycles. The fourth-order valence-corrected chi connectivity index (χ4v) is 1.47. The van der Waals surface area contributed by atoms with Gasteiger partial charge in [0.1, 0.15) is 5.75 Å². The molecule has 94 valence electrons. The first-order valence-electron chi connectivity index (χ1n) is 5.84. The molecule has 0 radical (unpaired) electrons. The van der Waals surface area contributed by atoms with Crippen molar-refractivity contribution in [2.75, 3.05) is 13.1 Å². The van der Waals surface area contributed by atoms with E-state index in [-0.39, 0.29) is 12.0 Å². The minimum Gasteiger partial charge on any atom is -0.491 e. The van der Waals surface area contributed by atoms with Crippen LogP contribution in [0.3, 0.4) is 0 Å². The van der Waals surface area contributed by atoms with E-state index in [4.69, 9.17) is 10.5 Å². The second-order valence-electron chi connectivity index (χ2n) is 4.09. The van der Waals surface area contributed by atoms with E-state index in [2.05, 4.69) is 5.32 Å². The number of ether oxygens (including phenoxy) is 1. The molecular formula is C13H20N2O2. The van der Waals surface area contributed by atoms with Gasteiger partial charge in [0, 0.05) is 18.7 Å². The van der Waals surface area contributed by atoms with Gasteiger partial charge < -0.3 is 15.8 Å². The zero-order valence-corrected chi connectivity index (χ0v) is 10.4. The van der Waals surface area contributed by atoms with Crippen molar-refractivity contribution in [2.45, 2.75) is 26.4 Å². The van der Waals surface area contributed by atoms with Crippen LogP contribution in [-0.2, 0) is 11.2 Å². The first kappa shape index (κ1) is 13.5. The molecule has 1 aromatic carbocycles. The van der Waals surface area contributed by atoms with E-state index in [0.29, 0.717) is 19.5 Å². The van der Waals surface area contributed by atoms with E-state index in [9.17, 15) is 4.79 Å². The van der Waals surface area contributed by atoms with Gasteiger partial charge in [-0.15, -0.1) is 0 Å². The van der Waals surface area contributed by atoms with Crippen molar-refractivity contribution in [3.63, 3.8) is 0 Å². The Labute approximate surface area is 102 Å². The molecule has 4 heteroatoms. The average Bonchev–Trinajstić information content (AvgIpc) is 2.28. The second-order valence-corrected chi connectivity index (χ2v) is 4.09. The van der Waals surface area contributed by atoms with E-state index in [1.807, 2.05) is 38.1 Å². The SMILES string of the molecule is CC(C)Oc1ccccc1CC(=O)NCCN. The Morgan fingerprint density at radius 2 is 2.12 bits per heavy atom. The van der Waals surface area contributed by atoms with Gasteiger partial charge in [-0.3, -0.25) is 4.79 Å². The van der Waals surface area contributed by atoms with Gasteiger partial charge in [-0.05, 0) is 19.9 Å². The highest BCUT2D eigenvalue weighted by Crippen LogP contribution is 2.19. The number of carbonyl (C=O) groups is 1. The monoisotopic (exact) mass is 236 g/mol. The van der Waals surface area contributed by atoms with Gasteiger partial charge in [0.15, 0.2) is 0 Å². The van der Waals surface area contributed by atoms with Crippen LogP contribution in [0.2, 0.25) is 0 Å². The number of benzene rings is 1. The van der Waals surface area contributed by atoms with E-state index < -0.39 is 0 Å². The number of hydrogen-bond donors (Lipinski definition) is 2. The lowest BCUT2D eigenvalue weighted by Gasteiger charge is -2.13. The van der Waals surface area contributed by atoms with Gasteiger partial charge in [0.25, 0.3) is 0 Å². The fourth-order valence-electron chi connectivity index (χ4n) is 1.47. The maximum atomic E-state index is 11.6. The summed E-state index contributed by atoms with van der Waals surface area (Å²) in [7, 11) is 0. The Morgan fingerprint density at radius 1 is 1.41 bits per heavy atom. The number of para-hydroxylation sites is 1. The van der Waals surface area contributed by atoms with Crippen molar-refractivity contribution < 1.29 is 9.53 Å². The van der Waals surface area contributed by atoms with Gasteiger partial charge in [0.05, 0.1) is 12.5 Å². The molecule has 3 N–H and O–H groups in total. The molecule has 17 heavy (non-hydrogen) atoms. The Kier molecular flexibility index (Phi) is 5.49. The number of carbonyl (C=O) groups excluding carboxylic acids is 1. The molecule has 0 atom stereocenters.